The summed E-state index contributed by atoms with van der Waals surface area (Å²) in [6.45, 7) is 1.82. The van der Waals surface area contributed by atoms with Crippen molar-refractivity contribution < 1.29 is 9.18 Å². The summed E-state index contributed by atoms with van der Waals surface area (Å²) in [6.07, 6.45) is 4.86. The molecule has 0 spiro atoms. The molecule has 8 heteroatoms. The summed E-state index contributed by atoms with van der Waals surface area (Å²) in [4.78, 5) is 23.7. The molecule has 0 radical (unpaired) electrons. The van der Waals surface area contributed by atoms with Gasteiger partial charge in [0.25, 0.3) is 0 Å². The third-order valence-electron chi connectivity index (χ3n) is 4.31. The molecule has 134 valence electrons. The van der Waals surface area contributed by atoms with Crippen LogP contribution in [-0.2, 0) is 17.6 Å². The lowest BCUT2D eigenvalue weighted by atomic mass is 10.2. The van der Waals surface area contributed by atoms with Crippen LogP contribution in [0.3, 0.4) is 0 Å². The van der Waals surface area contributed by atoms with Gasteiger partial charge in [0.15, 0.2) is 0 Å². The Bertz CT molecular complexity index is 1010. The van der Waals surface area contributed by atoms with Gasteiger partial charge in [-0.25, -0.2) is 14.4 Å². The van der Waals surface area contributed by atoms with Crippen LogP contribution in [-0.4, -0.2) is 21.1 Å². The number of thiophene rings is 1. The number of carbonyl (C=O) groups is 1. The summed E-state index contributed by atoms with van der Waals surface area (Å²) in [6, 6.07) is 3.90. The molecule has 0 unspecified atom stereocenters. The molecular formula is C18H15ClFN3OS2. The largest absolute Gasteiger partial charge is 0.324 e. The minimum Gasteiger partial charge on any atom is -0.324 e. The molecule has 26 heavy (non-hydrogen) atoms. The number of carbonyl (C=O) groups excluding carboxylic acids is 1. The fourth-order valence-corrected chi connectivity index (χ4v) is 5.49. The molecule has 1 N–H and O–H groups in total. The molecule has 0 saturated carbocycles. The molecule has 0 aliphatic heterocycles. The maximum atomic E-state index is 13.1. The Hall–Kier alpha value is -1.70. The van der Waals surface area contributed by atoms with E-state index in [1.807, 2.05) is 6.92 Å². The van der Waals surface area contributed by atoms with Gasteiger partial charge in [0.05, 0.1) is 16.0 Å². The molecule has 2 heterocycles. The number of halogens is 2. The summed E-state index contributed by atoms with van der Waals surface area (Å²) < 4.78 is 13.1. The lowest BCUT2D eigenvalue weighted by Gasteiger charge is -2.13. The molecular weight excluding hydrogens is 393 g/mol. The van der Waals surface area contributed by atoms with Crippen LogP contribution in [0.1, 0.15) is 23.8 Å². The van der Waals surface area contributed by atoms with E-state index < -0.39 is 5.82 Å². The van der Waals surface area contributed by atoms with Crippen LogP contribution in [0.15, 0.2) is 29.6 Å². The summed E-state index contributed by atoms with van der Waals surface area (Å²) >= 11 is 9.12. The van der Waals surface area contributed by atoms with Crippen molar-refractivity contribution in [3.8, 4) is 0 Å². The molecule has 4 nitrogen and oxygen atoms in total. The molecule has 1 amide bonds. The highest BCUT2D eigenvalue weighted by atomic mass is 35.5. The first-order valence-electron chi connectivity index (χ1n) is 8.20. The lowest BCUT2D eigenvalue weighted by Crippen LogP contribution is -2.22. The number of amides is 1. The van der Waals surface area contributed by atoms with Crippen LogP contribution in [0.5, 0.6) is 0 Å². The van der Waals surface area contributed by atoms with Crippen molar-refractivity contribution in [2.24, 2.45) is 0 Å². The Labute approximate surface area is 163 Å². The number of nitrogens with one attached hydrogen (secondary N) is 1. The Morgan fingerprint density at radius 2 is 2.23 bits per heavy atom. The van der Waals surface area contributed by atoms with Gasteiger partial charge >= 0.3 is 0 Å². The molecule has 0 bridgehead atoms. The number of hydrogen-bond donors (Lipinski definition) is 1. The van der Waals surface area contributed by atoms with E-state index in [4.69, 9.17) is 11.6 Å². The molecule has 3 aromatic rings. The van der Waals surface area contributed by atoms with Crippen molar-refractivity contribution in [3.05, 3.63) is 45.8 Å². The van der Waals surface area contributed by atoms with Crippen LogP contribution in [0.4, 0.5) is 10.1 Å². The Kier molecular flexibility index (Phi) is 4.86. The van der Waals surface area contributed by atoms with Crippen LogP contribution in [0.2, 0.25) is 5.02 Å². The highest BCUT2D eigenvalue weighted by Gasteiger charge is 2.24. The first-order valence-corrected chi connectivity index (χ1v) is 10.3. The van der Waals surface area contributed by atoms with Gasteiger partial charge in [-0.15, -0.1) is 11.3 Å². The highest BCUT2D eigenvalue weighted by molar-refractivity contribution is 8.00. The quantitative estimate of drug-likeness (QED) is 0.483. The number of hydrogen-bond acceptors (Lipinski definition) is 5. The molecule has 1 aliphatic carbocycles. The van der Waals surface area contributed by atoms with Crippen molar-refractivity contribution in [3.63, 3.8) is 0 Å². The SMILES string of the molecule is C[C@@H](Sc1ncnc2sc3c(c12)CCC3)C(=O)Nc1ccc(F)cc1Cl. The summed E-state index contributed by atoms with van der Waals surface area (Å²) in [7, 11) is 0. The zero-order chi connectivity index (χ0) is 18.3. The number of rotatable bonds is 4. The predicted molar refractivity (Wildman–Crippen MR) is 105 cm³/mol. The second-order valence-electron chi connectivity index (χ2n) is 6.09. The summed E-state index contributed by atoms with van der Waals surface area (Å²) in [5, 5.41) is 4.47. The highest BCUT2D eigenvalue weighted by Crippen LogP contribution is 2.41. The van der Waals surface area contributed by atoms with E-state index in [2.05, 4.69) is 15.3 Å². The normalized spacial score (nSPS) is 14.4. The van der Waals surface area contributed by atoms with Gasteiger partial charge in [-0.3, -0.25) is 4.79 Å². The first kappa shape index (κ1) is 17.7. The van der Waals surface area contributed by atoms with Gasteiger partial charge in [-0.2, -0.15) is 0 Å². The number of anilines is 1. The third kappa shape index (κ3) is 3.31. The van der Waals surface area contributed by atoms with Crippen molar-refractivity contribution in [2.75, 3.05) is 5.32 Å². The lowest BCUT2D eigenvalue weighted by molar-refractivity contribution is -0.115. The van der Waals surface area contributed by atoms with Gasteiger partial charge < -0.3 is 5.32 Å². The van der Waals surface area contributed by atoms with Gasteiger partial charge in [0.1, 0.15) is 22.0 Å². The molecule has 1 aliphatic rings. The Morgan fingerprint density at radius 1 is 1.38 bits per heavy atom. The van der Waals surface area contributed by atoms with Crippen molar-refractivity contribution in [1.82, 2.24) is 9.97 Å². The van der Waals surface area contributed by atoms with Crippen molar-refractivity contribution in [1.29, 1.82) is 0 Å². The van der Waals surface area contributed by atoms with E-state index in [1.54, 1.807) is 17.7 Å². The first-order chi connectivity index (χ1) is 12.5. The number of thioether (sulfide) groups is 1. The maximum Gasteiger partial charge on any atom is 0.237 e. The second-order valence-corrected chi connectivity index (χ2v) is 8.91. The third-order valence-corrected chi connectivity index (χ3v) is 6.93. The fraction of sp³-hybridized carbons (Fsp3) is 0.278. The average molecular weight is 408 g/mol. The van der Waals surface area contributed by atoms with Gasteiger partial charge in [-0.1, -0.05) is 23.4 Å². The van der Waals surface area contributed by atoms with Crippen LogP contribution < -0.4 is 5.32 Å². The van der Waals surface area contributed by atoms with E-state index >= 15 is 0 Å². The summed E-state index contributed by atoms with van der Waals surface area (Å²) in [5.74, 6) is -0.646. The molecule has 4 rings (SSSR count). The van der Waals surface area contributed by atoms with Crippen LogP contribution in [0, 0.1) is 5.82 Å². The monoisotopic (exact) mass is 407 g/mol. The molecule has 0 fully saturated rings. The Balaban J connectivity index is 1.55. The van der Waals surface area contributed by atoms with Gasteiger partial charge in [0.2, 0.25) is 5.91 Å². The minimum atomic E-state index is -0.440. The average Bonchev–Trinajstić information content (AvgIpc) is 3.18. The number of benzene rings is 1. The van der Waals surface area contributed by atoms with Gasteiger partial charge in [0, 0.05) is 10.3 Å². The zero-order valence-electron chi connectivity index (χ0n) is 13.9. The van der Waals surface area contributed by atoms with E-state index in [0.29, 0.717) is 5.69 Å². The molecule has 1 atom stereocenters. The maximum absolute atomic E-state index is 13.1. The number of fused-ring (bicyclic) bond motifs is 3. The van der Waals surface area contributed by atoms with Crippen LogP contribution >= 0.6 is 34.7 Å². The fourth-order valence-electron chi connectivity index (χ4n) is 3.04. The zero-order valence-corrected chi connectivity index (χ0v) is 16.3. The molecule has 1 aromatic carbocycles. The number of aryl methyl sites for hydroxylation is 2. The predicted octanol–water partition coefficient (Wildman–Crippen LogP) is 5.09. The van der Waals surface area contributed by atoms with Crippen LogP contribution in [0.25, 0.3) is 10.2 Å². The van der Waals surface area contributed by atoms with Crippen molar-refractivity contribution in [2.45, 2.75) is 36.5 Å². The standard InChI is InChI=1S/C18H15ClFN3OS2/c1-9(16(24)23-13-6-5-10(20)7-12(13)19)25-17-15-11-3-2-4-14(11)26-18(15)22-8-21-17/h5-9H,2-4H2,1H3,(H,23,24)/t9-/m1/s1. The van der Waals surface area contributed by atoms with Crippen molar-refractivity contribution >= 4 is 56.5 Å². The molecule has 2 aromatic heterocycles. The Morgan fingerprint density at radius 3 is 3.04 bits per heavy atom. The van der Waals surface area contributed by atoms with E-state index in [1.165, 1.54) is 40.4 Å². The number of nitrogens with zero attached hydrogens (tertiary/aromatic N) is 2. The topological polar surface area (TPSA) is 54.9 Å². The van der Waals surface area contributed by atoms with E-state index in [9.17, 15) is 9.18 Å². The summed E-state index contributed by atoms with van der Waals surface area (Å²) in [5.41, 5.74) is 1.73. The molecule has 0 saturated heterocycles. The smallest absolute Gasteiger partial charge is 0.237 e. The second kappa shape index (κ2) is 7.13. The number of aromatic nitrogens is 2. The van der Waals surface area contributed by atoms with E-state index in [-0.39, 0.29) is 16.2 Å². The van der Waals surface area contributed by atoms with E-state index in [0.717, 1.165) is 34.5 Å². The minimum absolute atomic E-state index is 0.177. The van der Waals surface area contributed by atoms with Gasteiger partial charge in [-0.05, 0) is 49.9 Å².